The lowest BCUT2D eigenvalue weighted by molar-refractivity contribution is -0.137. The van der Waals surface area contributed by atoms with Gasteiger partial charge in [-0.05, 0) is 78.3 Å². The Morgan fingerprint density at radius 2 is 1.82 bits per heavy atom. The van der Waals surface area contributed by atoms with Crippen molar-refractivity contribution in [1.29, 1.82) is 0 Å². The molecule has 1 aromatic heterocycles. The summed E-state index contributed by atoms with van der Waals surface area (Å²) in [5, 5.41) is 25.2. The van der Waals surface area contributed by atoms with Crippen LogP contribution in [-0.2, 0) is 29.7 Å². The minimum absolute atomic E-state index is 0.0211. The summed E-state index contributed by atoms with van der Waals surface area (Å²) in [7, 11) is 3.55. The third-order valence-electron chi connectivity index (χ3n) is 7.59. The molecule has 1 fully saturated rings. The average molecular weight is 545 g/mol. The van der Waals surface area contributed by atoms with E-state index in [1.165, 1.54) is 29.5 Å². The van der Waals surface area contributed by atoms with Crippen LogP contribution in [0.2, 0.25) is 0 Å². The fraction of sp³-hybridized carbons (Fsp3) is 0.355. The highest BCUT2D eigenvalue weighted by molar-refractivity contribution is 5.80. The second-order valence-electron chi connectivity index (χ2n) is 10.3. The summed E-state index contributed by atoms with van der Waals surface area (Å²) in [6.45, 7) is 5.61. The first-order valence-corrected chi connectivity index (χ1v) is 13.3. The molecule has 40 heavy (non-hydrogen) atoms. The van der Waals surface area contributed by atoms with E-state index in [2.05, 4.69) is 52.5 Å². The number of benzene rings is 3. The number of aromatic nitrogens is 3. The molecule has 5 rings (SSSR count). The van der Waals surface area contributed by atoms with Gasteiger partial charge in [-0.25, -0.2) is 4.68 Å². The van der Waals surface area contributed by atoms with E-state index in [1.54, 1.807) is 11.8 Å². The third kappa shape index (κ3) is 6.66. The molecular weight excluding hydrogens is 508 g/mol. The van der Waals surface area contributed by atoms with Gasteiger partial charge in [0.2, 0.25) is 0 Å². The number of nitrogens with zero attached hydrogens (tertiary/aromatic N) is 4. The van der Waals surface area contributed by atoms with Crippen molar-refractivity contribution in [3.05, 3.63) is 88.0 Å². The molecule has 1 heterocycles. The van der Waals surface area contributed by atoms with Crippen molar-refractivity contribution in [1.82, 2.24) is 19.9 Å². The highest BCUT2D eigenvalue weighted by atomic mass is 16.5. The average Bonchev–Trinajstić information content (AvgIpc) is 3.72. The molecule has 0 radical (unpaired) electrons. The molecule has 210 valence electrons. The van der Waals surface area contributed by atoms with E-state index in [1.807, 2.05) is 38.2 Å². The summed E-state index contributed by atoms with van der Waals surface area (Å²) in [6.07, 6.45) is 2.45. The second kappa shape index (κ2) is 12.7. The first-order chi connectivity index (χ1) is 19.2. The SMILES string of the molecule is COc1ccc(CN(Cc2cc(C(CC(=O)O)c3ccc4c(nnn4C)c3C)ccc2C)C2CC2)cc1.O=CO. The number of fused-ring (bicyclic) bond motifs is 1. The Morgan fingerprint density at radius 3 is 2.45 bits per heavy atom. The van der Waals surface area contributed by atoms with Crippen LogP contribution in [0.25, 0.3) is 11.0 Å². The molecule has 0 aliphatic heterocycles. The first-order valence-electron chi connectivity index (χ1n) is 13.3. The molecule has 9 heteroatoms. The van der Waals surface area contributed by atoms with E-state index in [9.17, 15) is 9.90 Å². The van der Waals surface area contributed by atoms with Crippen molar-refractivity contribution < 1.29 is 24.5 Å². The van der Waals surface area contributed by atoms with Crippen LogP contribution in [0, 0.1) is 13.8 Å². The molecule has 1 saturated carbocycles. The second-order valence-corrected chi connectivity index (χ2v) is 10.3. The molecular formula is C31H36N4O5. The lowest BCUT2D eigenvalue weighted by Gasteiger charge is -2.25. The number of hydrogen-bond donors (Lipinski definition) is 2. The Balaban J connectivity index is 0.00000118. The summed E-state index contributed by atoms with van der Waals surface area (Å²) in [5.41, 5.74) is 8.49. The van der Waals surface area contributed by atoms with E-state index < -0.39 is 5.97 Å². The van der Waals surface area contributed by atoms with E-state index >= 15 is 0 Å². The molecule has 4 aromatic rings. The number of carboxylic acid groups (broad SMARTS) is 2. The standard InChI is InChI=1S/C30H34N4O3.CH2O2/c1-19-5-8-22(27(16-29(35)36)26-13-14-28-30(20(26)2)31-32-33(28)3)15-23(19)18-34(24-9-10-24)17-21-6-11-25(37-4)12-7-21;2-1-3/h5-8,11-15,24,27H,9-10,16-18H2,1-4H3,(H,35,36);1H,(H,2,3). The minimum Gasteiger partial charge on any atom is -0.497 e. The maximum atomic E-state index is 12.0. The Labute approximate surface area is 234 Å². The van der Waals surface area contributed by atoms with Crippen molar-refractivity contribution in [2.24, 2.45) is 7.05 Å². The van der Waals surface area contributed by atoms with Crippen LogP contribution in [0.1, 0.15) is 58.6 Å². The molecule has 0 bridgehead atoms. The molecule has 1 aliphatic carbocycles. The van der Waals surface area contributed by atoms with Crippen LogP contribution in [0.15, 0.2) is 54.6 Å². The molecule has 3 aromatic carbocycles. The lowest BCUT2D eigenvalue weighted by Crippen LogP contribution is -2.25. The number of rotatable bonds is 10. The smallest absolute Gasteiger partial charge is 0.304 e. The molecule has 0 spiro atoms. The highest BCUT2D eigenvalue weighted by Crippen LogP contribution is 2.35. The van der Waals surface area contributed by atoms with Gasteiger partial charge in [-0.1, -0.05) is 41.6 Å². The van der Waals surface area contributed by atoms with Crippen molar-refractivity contribution in [2.75, 3.05) is 7.11 Å². The maximum absolute atomic E-state index is 12.0. The summed E-state index contributed by atoms with van der Waals surface area (Å²) >= 11 is 0. The topological polar surface area (TPSA) is 118 Å². The summed E-state index contributed by atoms with van der Waals surface area (Å²) in [6, 6.07) is 19.3. The zero-order valence-corrected chi connectivity index (χ0v) is 23.4. The summed E-state index contributed by atoms with van der Waals surface area (Å²) < 4.78 is 7.06. The van der Waals surface area contributed by atoms with Gasteiger partial charge in [0, 0.05) is 32.1 Å². The van der Waals surface area contributed by atoms with Gasteiger partial charge in [-0.3, -0.25) is 14.5 Å². The number of carboxylic acids is 1. The summed E-state index contributed by atoms with van der Waals surface area (Å²) in [5.74, 6) is -0.214. The van der Waals surface area contributed by atoms with Gasteiger partial charge >= 0.3 is 5.97 Å². The highest BCUT2D eigenvalue weighted by Gasteiger charge is 2.30. The van der Waals surface area contributed by atoms with Crippen LogP contribution in [0.4, 0.5) is 0 Å². The van der Waals surface area contributed by atoms with E-state index in [0.717, 1.165) is 46.6 Å². The number of methoxy groups -OCH3 is 1. The van der Waals surface area contributed by atoms with Crippen LogP contribution in [-0.4, -0.2) is 55.7 Å². The predicted molar refractivity (Wildman–Crippen MR) is 152 cm³/mol. The predicted octanol–water partition coefficient (Wildman–Crippen LogP) is 5.07. The number of aliphatic carboxylic acids is 1. The van der Waals surface area contributed by atoms with Gasteiger partial charge in [-0.2, -0.15) is 0 Å². The van der Waals surface area contributed by atoms with Crippen molar-refractivity contribution in [3.63, 3.8) is 0 Å². The summed E-state index contributed by atoms with van der Waals surface area (Å²) in [4.78, 5) is 22.9. The Bertz CT molecular complexity index is 1480. The quantitative estimate of drug-likeness (QED) is 0.266. The van der Waals surface area contributed by atoms with Crippen LogP contribution >= 0.6 is 0 Å². The Kier molecular flexibility index (Phi) is 9.16. The van der Waals surface area contributed by atoms with Gasteiger partial charge < -0.3 is 14.9 Å². The third-order valence-corrected chi connectivity index (χ3v) is 7.59. The molecule has 2 N–H and O–H groups in total. The Hall–Kier alpha value is -4.24. The number of carbonyl (C=O) groups is 2. The normalized spacial score (nSPS) is 13.5. The fourth-order valence-electron chi connectivity index (χ4n) is 5.22. The van der Waals surface area contributed by atoms with Crippen molar-refractivity contribution >= 4 is 23.5 Å². The maximum Gasteiger partial charge on any atom is 0.304 e. The van der Waals surface area contributed by atoms with Gasteiger partial charge in [-0.15, -0.1) is 5.10 Å². The van der Waals surface area contributed by atoms with Gasteiger partial charge in [0.05, 0.1) is 19.0 Å². The van der Waals surface area contributed by atoms with Crippen LogP contribution in [0.3, 0.4) is 0 Å². The van der Waals surface area contributed by atoms with E-state index in [0.29, 0.717) is 6.04 Å². The molecule has 1 unspecified atom stereocenters. The number of aryl methyl sites for hydroxylation is 3. The molecule has 1 atom stereocenters. The number of hydrogen-bond acceptors (Lipinski definition) is 6. The van der Waals surface area contributed by atoms with Gasteiger partial charge in [0.1, 0.15) is 11.3 Å². The fourth-order valence-corrected chi connectivity index (χ4v) is 5.22. The molecule has 0 amide bonds. The van der Waals surface area contributed by atoms with Gasteiger partial charge in [0.25, 0.3) is 6.47 Å². The molecule has 1 aliphatic rings. The van der Waals surface area contributed by atoms with Crippen molar-refractivity contribution in [3.8, 4) is 5.75 Å². The molecule has 9 nitrogen and oxygen atoms in total. The van der Waals surface area contributed by atoms with Gasteiger partial charge in [0.15, 0.2) is 0 Å². The van der Waals surface area contributed by atoms with Crippen LogP contribution in [0.5, 0.6) is 5.75 Å². The first kappa shape index (κ1) is 28.8. The van der Waals surface area contributed by atoms with Crippen LogP contribution < -0.4 is 4.74 Å². The Morgan fingerprint density at radius 1 is 1.12 bits per heavy atom. The van der Waals surface area contributed by atoms with Crippen molar-refractivity contribution in [2.45, 2.75) is 58.2 Å². The number of ether oxygens (including phenoxy) is 1. The zero-order chi connectivity index (χ0) is 28.8. The zero-order valence-electron chi connectivity index (χ0n) is 23.4. The minimum atomic E-state index is -0.815. The van der Waals surface area contributed by atoms with E-state index in [4.69, 9.17) is 14.6 Å². The lowest BCUT2D eigenvalue weighted by atomic mass is 9.84. The monoisotopic (exact) mass is 544 g/mol. The van der Waals surface area contributed by atoms with E-state index in [-0.39, 0.29) is 18.8 Å². The largest absolute Gasteiger partial charge is 0.497 e. The molecule has 0 saturated heterocycles.